The van der Waals surface area contributed by atoms with Gasteiger partial charge in [-0.1, -0.05) is 11.6 Å². The molecule has 1 aliphatic rings. The zero-order valence-electron chi connectivity index (χ0n) is 24.5. The molecule has 0 atom stereocenters. The highest BCUT2D eigenvalue weighted by molar-refractivity contribution is 6.32. The van der Waals surface area contributed by atoms with E-state index in [-0.39, 0.29) is 34.6 Å². The zero-order valence-corrected chi connectivity index (χ0v) is 25.3. The fraction of sp³-hybridized carbons (Fsp3) is 0.258. The van der Waals surface area contributed by atoms with E-state index in [4.69, 9.17) is 30.2 Å². The molecule has 0 spiro atoms. The van der Waals surface area contributed by atoms with Crippen LogP contribution in [-0.4, -0.2) is 65.3 Å². The Bertz CT molecular complexity index is 1700. The van der Waals surface area contributed by atoms with Crippen LogP contribution in [0.3, 0.4) is 0 Å². The first-order valence-electron chi connectivity index (χ1n) is 14.0. The highest BCUT2D eigenvalue weighted by atomic mass is 35.5. The minimum absolute atomic E-state index is 0.00245. The Balaban J connectivity index is 1.15. The van der Waals surface area contributed by atoms with Gasteiger partial charge in [0.25, 0.3) is 5.91 Å². The summed E-state index contributed by atoms with van der Waals surface area (Å²) in [6.07, 6.45) is 1.19. The molecule has 1 saturated heterocycles. The molecule has 5 rings (SSSR count). The van der Waals surface area contributed by atoms with Crippen LogP contribution in [-0.2, 0) is 16.1 Å². The zero-order chi connectivity index (χ0) is 31.9. The van der Waals surface area contributed by atoms with Crippen molar-refractivity contribution in [2.24, 2.45) is 5.10 Å². The van der Waals surface area contributed by atoms with Crippen LogP contribution in [0.15, 0.2) is 70.2 Å². The standard InChI is InChI=1S/C31H30ClN5O8/c1-20-3-4-21(2)36(20)23-5-7-24(8-6-23)43-18-25-9-10-28(45-25)31(39)34-33-17-22-15-26(32)30(27(16-22)37(40)41)44-19-29(38)35-11-13-42-14-12-35/h3-10,15-17H,11-14,18-19H2,1-2H3,(H,34,39)/b33-17+. The average molecular weight is 636 g/mol. The Hall–Kier alpha value is -5.14. The number of carbonyl (C=O) groups excluding carboxylic acids is 2. The molecular formula is C31H30ClN5O8. The number of amides is 2. The van der Waals surface area contributed by atoms with Gasteiger partial charge in [0.05, 0.1) is 29.4 Å². The molecule has 13 nitrogen and oxygen atoms in total. The predicted molar refractivity (Wildman–Crippen MR) is 164 cm³/mol. The summed E-state index contributed by atoms with van der Waals surface area (Å²) in [6, 6.07) is 17.4. The van der Waals surface area contributed by atoms with Gasteiger partial charge in [-0.05, 0) is 68.4 Å². The van der Waals surface area contributed by atoms with Crippen molar-refractivity contribution in [2.75, 3.05) is 32.9 Å². The van der Waals surface area contributed by atoms with Crippen molar-refractivity contribution in [3.8, 4) is 17.2 Å². The summed E-state index contributed by atoms with van der Waals surface area (Å²) in [5.41, 5.74) is 5.37. The summed E-state index contributed by atoms with van der Waals surface area (Å²) >= 11 is 6.25. The van der Waals surface area contributed by atoms with Gasteiger partial charge in [-0.15, -0.1) is 0 Å². The van der Waals surface area contributed by atoms with Crippen molar-refractivity contribution in [1.29, 1.82) is 0 Å². The Kier molecular flexibility index (Phi) is 9.80. The Morgan fingerprint density at radius 1 is 1.04 bits per heavy atom. The number of furan rings is 1. The second-order valence-corrected chi connectivity index (χ2v) is 10.5. The predicted octanol–water partition coefficient (Wildman–Crippen LogP) is 4.83. The van der Waals surface area contributed by atoms with E-state index in [1.807, 2.05) is 38.1 Å². The van der Waals surface area contributed by atoms with Gasteiger partial charge in [0.2, 0.25) is 5.75 Å². The van der Waals surface area contributed by atoms with Gasteiger partial charge < -0.3 is 28.1 Å². The molecule has 3 heterocycles. The van der Waals surface area contributed by atoms with Gasteiger partial charge in [0.15, 0.2) is 12.4 Å². The van der Waals surface area contributed by atoms with E-state index in [2.05, 4.69) is 27.2 Å². The van der Waals surface area contributed by atoms with Gasteiger partial charge in [-0.3, -0.25) is 19.7 Å². The van der Waals surface area contributed by atoms with E-state index in [0.717, 1.165) is 17.1 Å². The quantitative estimate of drug-likeness (QED) is 0.140. The number of ether oxygens (including phenoxy) is 3. The maximum atomic E-state index is 12.5. The normalized spacial score (nSPS) is 13.2. The number of nitro benzene ring substituents is 1. The molecule has 2 aromatic heterocycles. The van der Waals surface area contributed by atoms with Crippen LogP contribution in [0.4, 0.5) is 5.69 Å². The molecule has 2 amide bonds. The van der Waals surface area contributed by atoms with Crippen LogP contribution >= 0.6 is 11.6 Å². The molecule has 4 aromatic rings. The number of nitrogens with one attached hydrogen (secondary N) is 1. The number of carbonyl (C=O) groups is 2. The van der Waals surface area contributed by atoms with E-state index in [9.17, 15) is 19.7 Å². The van der Waals surface area contributed by atoms with Gasteiger partial charge in [0.1, 0.15) is 18.1 Å². The lowest BCUT2D eigenvalue weighted by Gasteiger charge is -2.26. The van der Waals surface area contributed by atoms with Gasteiger partial charge >= 0.3 is 11.6 Å². The number of hydrogen-bond donors (Lipinski definition) is 1. The Morgan fingerprint density at radius 3 is 2.44 bits per heavy atom. The molecule has 0 aliphatic carbocycles. The van der Waals surface area contributed by atoms with Crippen LogP contribution in [0.25, 0.3) is 5.69 Å². The molecule has 0 saturated carbocycles. The third-order valence-electron chi connectivity index (χ3n) is 6.96. The smallest absolute Gasteiger partial charge is 0.313 e. The number of nitro groups is 1. The van der Waals surface area contributed by atoms with Gasteiger partial charge in [-0.2, -0.15) is 5.10 Å². The Morgan fingerprint density at radius 2 is 1.76 bits per heavy atom. The molecule has 2 aromatic carbocycles. The van der Waals surface area contributed by atoms with Crippen molar-refractivity contribution in [1.82, 2.24) is 14.9 Å². The molecule has 1 N–H and O–H groups in total. The first kappa shape index (κ1) is 31.3. The maximum absolute atomic E-state index is 12.5. The average Bonchev–Trinajstić information content (AvgIpc) is 3.65. The van der Waals surface area contributed by atoms with E-state index < -0.39 is 23.1 Å². The second kappa shape index (κ2) is 14.1. The highest BCUT2D eigenvalue weighted by Gasteiger charge is 2.23. The summed E-state index contributed by atoms with van der Waals surface area (Å²) in [7, 11) is 0. The number of aryl methyl sites for hydroxylation is 2. The van der Waals surface area contributed by atoms with Gasteiger partial charge in [-0.25, -0.2) is 5.43 Å². The molecular weight excluding hydrogens is 606 g/mol. The van der Waals surface area contributed by atoms with Crippen molar-refractivity contribution < 1.29 is 33.1 Å². The fourth-order valence-electron chi connectivity index (χ4n) is 4.71. The van der Waals surface area contributed by atoms with E-state index in [1.165, 1.54) is 24.4 Å². The minimum Gasteiger partial charge on any atom is -0.486 e. The second-order valence-electron chi connectivity index (χ2n) is 10.1. The number of benzene rings is 2. The van der Waals surface area contributed by atoms with Crippen molar-refractivity contribution in [3.63, 3.8) is 0 Å². The SMILES string of the molecule is Cc1ccc(C)n1-c1ccc(OCc2ccc(C(=O)N/N=C/c3cc(Cl)c(OCC(=O)N4CCOCC4)c([N+](=O)[O-])c3)o2)cc1. The molecule has 45 heavy (non-hydrogen) atoms. The van der Waals surface area contributed by atoms with Crippen LogP contribution in [0, 0.1) is 24.0 Å². The van der Waals surface area contributed by atoms with E-state index in [0.29, 0.717) is 37.8 Å². The number of hydrazone groups is 1. The summed E-state index contributed by atoms with van der Waals surface area (Å²) in [4.78, 5) is 37.5. The Labute approximate surface area is 263 Å². The number of hydrogen-bond acceptors (Lipinski definition) is 9. The third-order valence-corrected chi connectivity index (χ3v) is 7.24. The summed E-state index contributed by atoms with van der Waals surface area (Å²) < 4.78 is 24.2. The largest absolute Gasteiger partial charge is 0.486 e. The van der Waals surface area contributed by atoms with Gasteiger partial charge in [0, 0.05) is 41.8 Å². The molecule has 0 bridgehead atoms. The first-order valence-corrected chi connectivity index (χ1v) is 14.3. The number of halogens is 1. The van der Waals surface area contributed by atoms with Crippen molar-refractivity contribution >= 4 is 35.3 Å². The fourth-order valence-corrected chi connectivity index (χ4v) is 4.99. The molecule has 1 aliphatic heterocycles. The lowest BCUT2D eigenvalue weighted by atomic mass is 10.2. The van der Waals surface area contributed by atoms with E-state index >= 15 is 0 Å². The summed E-state index contributed by atoms with van der Waals surface area (Å²) in [6.45, 7) is 5.43. The molecule has 0 radical (unpaired) electrons. The number of morpholine rings is 1. The van der Waals surface area contributed by atoms with Crippen molar-refractivity contribution in [2.45, 2.75) is 20.5 Å². The monoisotopic (exact) mass is 635 g/mol. The van der Waals surface area contributed by atoms with Crippen LogP contribution in [0.1, 0.15) is 33.3 Å². The first-order chi connectivity index (χ1) is 21.7. The molecule has 1 fully saturated rings. The maximum Gasteiger partial charge on any atom is 0.313 e. The number of nitrogens with zero attached hydrogens (tertiary/aromatic N) is 4. The minimum atomic E-state index is -0.679. The highest BCUT2D eigenvalue weighted by Crippen LogP contribution is 2.36. The molecule has 234 valence electrons. The number of rotatable bonds is 11. The molecule has 14 heteroatoms. The number of aromatic nitrogens is 1. The van der Waals surface area contributed by atoms with Crippen molar-refractivity contribution in [3.05, 3.63) is 104 Å². The lowest BCUT2D eigenvalue weighted by Crippen LogP contribution is -2.43. The van der Waals surface area contributed by atoms with E-state index in [1.54, 1.807) is 11.0 Å². The summed E-state index contributed by atoms with van der Waals surface area (Å²) in [5, 5.41) is 15.5. The summed E-state index contributed by atoms with van der Waals surface area (Å²) in [5.74, 6) is -0.149. The van der Waals surface area contributed by atoms with Crippen LogP contribution < -0.4 is 14.9 Å². The third kappa shape index (κ3) is 7.69. The molecule has 0 unspecified atom stereocenters. The lowest BCUT2D eigenvalue weighted by molar-refractivity contribution is -0.385. The van der Waals surface area contributed by atoms with Crippen LogP contribution in [0.5, 0.6) is 11.5 Å². The van der Waals surface area contributed by atoms with Crippen LogP contribution in [0.2, 0.25) is 5.02 Å². The topological polar surface area (TPSA) is 151 Å².